The molecule has 0 saturated heterocycles. The lowest BCUT2D eigenvalue weighted by atomic mass is 10.2. The van der Waals surface area contributed by atoms with E-state index in [0.29, 0.717) is 17.5 Å². The average molecular weight is 430 g/mol. The molecule has 0 bridgehead atoms. The number of aromatic nitrogens is 2. The molecule has 2 aromatic heterocycles. The van der Waals surface area contributed by atoms with Crippen LogP contribution in [0.3, 0.4) is 0 Å². The Morgan fingerprint density at radius 2 is 1.90 bits per heavy atom. The van der Waals surface area contributed by atoms with E-state index in [-0.39, 0.29) is 42.1 Å². The van der Waals surface area contributed by atoms with Crippen LogP contribution in [0.15, 0.2) is 24.4 Å². The normalized spacial score (nSPS) is 11.1. The second kappa shape index (κ2) is 9.55. The Labute approximate surface area is 170 Å². The van der Waals surface area contributed by atoms with Crippen LogP contribution in [0.1, 0.15) is 35.0 Å². The molecule has 2 heterocycles. The minimum absolute atomic E-state index is 0.0817. The molecule has 7 nitrogen and oxygen atoms in total. The van der Waals surface area contributed by atoms with E-state index in [1.165, 1.54) is 6.07 Å². The fourth-order valence-corrected chi connectivity index (χ4v) is 2.51. The summed E-state index contributed by atoms with van der Waals surface area (Å²) in [5, 5.41) is 7.83. The van der Waals surface area contributed by atoms with Crippen LogP contribution in [0.5, 0.6) is 0 Å². The SMILES string of the molecule is CCC(=O)Nc1cc(C(=O)NCCNc2ncc(C(F)(F)F)cc2Cl)cc(C)n1. The van der Waals surface area contributed by atoms with Gasteiger partial charge in [-0.05, 0) is 25.1 Å². The lowest BCUT2D eigenvalue weighted by molar-refractivity contribution is -0.137. The van der Waals surface area contributed by atoms with Crippen molar-refractivity contribution in [2.24, 2.45) is 0 Å². The number of pyridine rings is 2. The number of hydrogen-bond acceptors (Lipinski definition) is 5. The molecule has 3 N–H and O–H groups in total. The predicted octanol–water partition coefficient (Wildman–Crippen LogP) is 3.65. The fraction of sp³-hybridized carbons (Fsp3) is 0.333. The van der Waals surface area contributed by atoms with Crippen LogP contribution in [0.25, 0.3) is 0 Å². The minimum atomic E-state index is -4.53. The molecule has 11 heteroatoms. The van der Waals surface area contributed by atoms with Crippen molar-refractivity contribution in [2.45, 2.75) is 26.4 Å². The first-order chi connectivity index (χ1) is 13.6. The molecule has 0 unspecified atom stereocenters. The molecular weight excluding hydrogens is 411 g/mol. The van der Waals surface area contributed by atoms with Crippen LogP contribution in [0, 0.1) is 6.92 Å². The van der Waals surface area contributed by atoms with Crippen molar-refractivity contribution >= 4 is 35.1 Å². The fourth-order valence-electron chi connectivity index (χ4n) is 2.28. The first-order valence-corrected chi connectivity index (χ1v) is 9.01. The monoisotopic (exact) mass is 429 g/mol. The maximum atomic E-state index is 12.6. The number of carbonyl (C=O) groups is 2. The molecule has 0 spiro atoms. The van der Waals surface area contributed by atoms with Crippen molar-refractivity contribution in [1.82, 2.24) is 15.3 Å². The molecule has 29 heavy (non-hydrogen) atoms. The highest BCUT2D eigenvalue weighted by Gasteiger charge is 2.31. The maximum Gasteiger partial charge on any atom is 0.417 e. The minimum Gasteiger partial charge on any atom is -0.367 e. The number of aryl methyl sites for hydroxylation is 1. The van der Waals surface area contributed by atoms with Gasteiger partial charge < -0.3 is 16.0 Å². The third-order valence-electron chi connectivity index (χ3n) is 3.68. The molecule has 0 aliphatic rings. The quantitative estimate of drug-likeness (QED) is 0.584. The van der Waals surface area contributed by atoms with Crippen LogP contribution in [0.2, 0.25) is 5.02 Å². The van der Waals surface area contributed by atoms with Gasteiger partial charge in [0.1, 0.15) is 11.6 Å². The summed E-state index contributed by atoms with van der Waals surface area (Å²) in [7, 11) is 0. The van der Waals surface area contributed by atoms with Gasteiger partial charge in [0.05, 0.1) is 10.6 Å². The number of amides is 2. The van der Waals surface area contributed by atoms with Gasteiger partial charge in [-0.2, -0.15) is 13.2 Å². The maximum absolute atomic E-state index is 12.6. The van der Waals surface area contributed by atoms with Crippen molar-refractivity contribution in [3.8, 4) is 0 Å². The van der Waals surface area contributed by atoms with Crippen LogP contribution < -0.4 is 16.0 Å². The zero-order valence-electron chi connectivity index (χ0n) is 15.7. The Bertz CT molecular complexity index is 906. The number of nitrogens with one attached hydrogen (secondary N) is 3. The molecule has 0 aliphatic heterocycles. The molecule has 0 saturated carbocycles. The van der Waals surface area contributed by atoms with Crippen molar-refractivity contribution in [3.05, 3.63) is 46.2 Å². The van der Waals surface area contributed by atoms with E-state index in [4.69, 9.17) is 11.6 Å². The van der Waals surface area contributed by atoms with E-state index in [2.05, 4.69) is 25.9 Å². The third-order valence-corrected chi connectivity index (χ3v) is 3.96. The highest BCUT2D eigenvalue weighted by molar-refractivity contribution is 6.32. The summed E-state index contributed by atoms with van der Waals surface area (Å²) in [5.41, 5.74) is -0.0714. The van der Waals surface area contributed by atoms with E-state index < -0.39 is 17.6 Å². The number of anilines is 2. The van der Waals surface area contributed by atoms with Gasteiger partial charge >= 0.3 is 6.18 Å². The molecule has 2 amide bonds. The Morgan fingerprint density at radius 1 is 1.17 bits per heavy atom. The molecule has 0 radical (unpaired) electrons. The van der Waals surface area contributed by atoms with E-state index in [0.717, 1.165) is 6.07 Å². The largest absolute Gasteiger partial charge is 0.417 e. The topological polar surface area (TPSA) is 96.0 Å². The zero-order valence-corrected chi connectivity index (χ0v) is 16.4. The molecule has 0 fully saturated rings. The number of nitrogens with zero attached hydrogens (tertiary/aromatic N) is 2. The molecular formula is C18H19ClF3N5O2. The lowest BCUT2D eigenvalue weighted by Crippen LogP contribution is -2.29. The van der Waals surface area contributed by atoms with Gasteiger partial charge in [-0.15, -0.1) is 0 Å². The second-order valence-electron chi connectivity index (χ2n) is 6.02. The summed E-state index contributed by atoms with van der Waals surface area (Å²) in [5.74, 6) is -0.255. The van der Waals surface area contributed by atoms with Crippen LogP contribution in [-0.2, 0) is 11.0 Å². The number of rotatable bonds is 7. The van der Waals surface area contributed by atoms with Crippen LogP contribution in [-0.4, -0.2) is 34.9 Å². The van der Waals surface area contributed by atoms with E-state index in [1.54, 1.807) is 19.9 Å². The third kappa shape index (κ3) is 6.60. The van der Waals surface area contributed by atoms with Crippen molar-refractivity contribution in [3.63, 3.8) is 0 Å². The highest BCUT2D eigenvalue weighted by Crippen LogP contribution is 2.32. The molecule has 156 valence electrons. The summed E-state index contributed by atoms with van der Waals surface area (Å²) < 4.78 is 37.8. The smallest absolute Gasteiger partial charge is 0.367 e. The molecule has 0 aliphatic carbocycles. The van der Waals surface area contributed by atoms with Crippen molar-refractivity contribution in [2.75, 3.05) is 23.7 Å². The van der Waals surface area contributed by atoms with E-state index in [9.17, 15) is 22.8 Å². The Kier molecular flexibility index (Phi) is 7.38. The summed E-state index contributed by atoms with van der Waals surface area (Å²) in [6, 6.07) is 3.80. The van der Waals surface area contributed by atoms with Crippen LogP contribution >= 0.6 is 11.6 Å². The van der Waals surface area contributed by atoms with Crippen molar-refractivity contribution < 1.29 is 22.8 Å². The van der Waals surface area contributed by atoms with E-state index in [1.807, 2.05) is 0 Å². The van der Waals surface area contributed by atoms with Gasteiger partial charge in [-0.1, -0.05) is 18.5 Å². The highest BCUT2D eigenvalue weighted by atomic mass is 35.5. The Morgan fingerprint density at radius 3 is 2.52 bits per heavy atom. The standard InChI is InChI=1S/C18H19ClF3N5O2/c1-3-15(28)27-14-7-11(6-10(2)26-14)17(29)24-5-4-23-16-13(19)8-12(9-25-16)18(20,21)22/h6-9H,3-5H2,1-2H3,(H,23,25)(H,24,29)(H,26,27,28). The van der Waals surface area contributed by atoms with Crippen molar-refractivity contribution in [1.29, 1.82) is 0 Å². The van der Waals surface area contributed by atoms with E-state index >= 15 is 0 Å². The van der Waals surface area contributed by atoms with Gasteiger partial charge in [-0.3, -0.25) is 9.59 Å². The number of halogens is 4. The number of carbonyl (C=O) groups excluding carboxylic acids is 2. The first-order valence-electron chi connectivity index (χ1n) is 8.63. The number of hydrogen-bond donors (Lipinski definition) is 3. The summed E-state index contributed by atoms with van der Waals surface area (Å²) in [4.78, 5) is 31.6. The molecule has 0 aromatic carbocycles. The number of alkyl halides is 3. The van der Waals surface area contributed by atoms with Gasteiger partial charge in [0.2, 0.25) is 5.91 Å². The Balaban J connectivity index is 1.91. The second-order valence-corrected chi connectivity index (χ2v) is 6.43. The molecule has 2 rings (SSSR count). The average Bonchev–Trinajstić information content (AvgIpc) is 2.64. The van der Waals surface area contributed by atoms with Gasteiger partial charge in [0.15, 0.2) is 0 Å². The van der Waals surface area contributed by atoms with Gasteiger partial charge in [0, 0.05) is 37.0 Å². The summed E-state index contributed by atoms with van der Waals surface area (Å²) in [6.45, 7) is 3.74. The van der Waals surface area contributed by atoms with Gasteiger partial charge in [-0.25, -0.2) is 9.97 Å². The van der Waals surface area contributed by atoms with Crippen LogP contribution in [0.4, 0.5) is 24.8 Å². The predicted molar refractivity (Wildman–Crippen MR) is 103 cm³/mol. The lowest BCUT2D eigenvalue weighted by Gasteiger charge is -2.12. The summed E-state index contributed by atoms with van der Waals surface area (Å²) in [6.07, 6.45) is -3.57. The molecule has 0 atom stereocenters. The first kappa shape index (κ1) is 22.4. The summed E-state index contributed by atoms with van der Waals surface area (Å²) >= 11 is 5.81. The Hall–Kier alpha value is -2.88. The van der Waals surface area contributed by atoms with Gasteiger partial charge in [0.25, 0.3) is 5.91 Å². The molecule has 2 aromatic rings. The zero-order chi connectivity index (χ0) is 21.6.